The Hall–Kier alpha value is -3.62. The Morgan fingerprint density at radius 2 is 1.67 bits per heavy atom. The number of nitrogens with zero attached hydrogens (tertiary/aromatic N) is 2. The molecule has 0 radical (unpaired) electrons. The molecule has 0 unspecified atom stereocenters. The van der Waals surface area contributed by atoms with Crippen LogP contribution in [0.1, 0.15) is 34.5 Å². The highest BCUT2D eigenvalue weighted by atomic mass is 32.2. The molecule has 4 aromatic rings. The van der Waals surface area contributed by atoms with Gasteiger partial charge in [0.1, 0.15) is 11.4 Å². The van der Waals surface area contributed by atoms with E-state index in [-0.39, 0.29) is 21.9 Å². The van der Waals surface area contributed by atoms with Crippen molar-refractivity contribution in [3.05, 3.63) is 95.7 Å². The fourth-order valence-corrected chi connectivity index (χ4v) is 7.01. The molecule has 184 valence electrons. The molecule has 0 saturated carbocycles. The third kappa shape index (κ3) is 3.51. The number of carbonyl (C=O) groups is 1. The Bertz CT molecular complexity index is 1570. The second-order valence-electron chi connectivity index (χ2n) is 9.57. The fourth-order valence-electron chi connectivity index (χ4n) is 5.49. The lowest BCUT2D eigenvalue weighted by Crippen LogP contribution is -2.46. The average Bonchev–Trinajstić information content (AvgIpc) is 3.48. The second kappa shape index (κ2) is 8.50. The molecule has 3 aromatic carbocycles. The summed E-state index contributed by atoms with van der Waals surface area (Å²) in [6, 6.07) is 23.2. The number of hydrogen-bond donors (Lipinski definition) is 1. The number of piperidine rings is 1. The van der Waals surface area contributed by atoms with Gasteiger partial charge >= 0.3 is 0 Å². The van der Waals surface area contributed by atoms with Crippen LogP contribution in [0.4, 0.5) is 0 Å². The van der Waals surface area contributed by atoms with E-state index in [2.05, 4.69) is 6.07 Å². The number of aromatic nitrogens is 1. The summed E-state index contributed by atoms with van der Waals surface area (Å²) in [5.41, 5.74) is 8.59. The zero-order valence-electron chi connectivity index (χ0n) is 19.8. The molecule has 0 atom stereocenters. The van der Waals surface area contributed by atoms with Gasteiger partial charge in [-0.1, -0.05) is 48.5 Å². The molecular formula is C28H27N3O4S. The van der Waals surface area contributed by atoms with Crippen molar-refractivity contribution in [2.75, 3.05) is 19.7 Å². The lowest BCUT2D eigenvalue weighted by molar-refractivity contribution is 0.0640. The van der Waals surface area contributed by atoms with Crippen molar-refractivity contribution in [1.29, 1.82) is 0 Å². The zero-order valence-corrected chi connectivity index (χ0v) is 20.6. The lowest BCUT2D eigenvalue weighted by Gasteiger charge is -2.38. The SMILES string of the molecule is NCc1ccc2c(c1)C1(CCN(C(=O)c3cc4ccccc4n3S(=O)(=O)c3ccccc3)CC1)CO2. The van der Waals surface area contributed by atoms with E-state index in [1.165, 1.54) is 9.54 Å². The summed E-state index contributed by atoms with van der Waals surface area (Å²) in [5.74, 6) is 0.608. The third-order valence-corrected chi connectivity index (χ3v) is 9.27. The molecule has 2 aliphatic rings. The second-order valence-corrected chi connectivity index (χ2v) is 11.4. The van der Waals surface area contributed by atoms with Gasteiger partial charge in [-0.25, -0.2) is 12.4 Å². The van der Waals surface area contributed by atoms with Crippen LogP contribution in [0, 0.1) is 0 Å². The number of carbonyl (C=O) groups excluding carboxylic acids is 1. The summed E-state index contributed by atoms with van der Waals surface area (Å²) in [5, 5.41) is 0.710. The fraction of sp³-hybridized carbons (Fsp3) is 0.250. The van der Waals surface area contributed by atoms with E-state index in [0.29, 0.717) is 37.1 Å². The predicted molar refractivity (Wildman–Crippen MR) is 138 cm³/mol. The molecule has 0 bridgehead atoms. The van der Waals surface area contributed by atoms with E-state index < -0.39 is 10.0 Å². The number of ether oxygens (including phenoxy) is 1. The van der Waals surface area contributed by atoms with Gasteiger partial charge in [0.05, 0.1) is 17.0 Å². The summed E-state index contributed by atoms with van der Waals surface area (Å²) in [6.07, 6.45) is 1.48. The number of hydrogen-bond acceptors (Lipinski definition) is 5. The van der Waals surface area contributed by atoms with Gasteiger partial charge in [-0.3, -0.25) is 4.79 Å². The summed E-state index contributed by atoms with van der Waals surface area (Å²) in [7, 11) is -3.97. The van der Waals surface area contributed by atoms with Gasteiger partial charge < -0.3 is 15.4 Å². The summed E-state index contributed by atoms with van der Waals surface area (Å²) in [4.78, 5) is 15.7. The van der Waals surface area contributed by atoms with Gasteiger partial charge in [0.15, 0.2) is 0 Å². The minimum absolute atomic E-state index is 0.147. The summed E-state index contributed by atoms with van der Waals surface area (Å²) in [6.45, 7) is 2.08. The molecule has 36 heavy (non-hydrogen) atoms. The highest BCUT2D eigenvalue weighted by Gasteiger charge is 2.44. The van der Waals surface area contributed by atoms with Crippen molar-refractivity contribution in [2.45, 2.75) is 29.7 Å². The van der Waals surface area contributed by atoms with Crippen LogP contribution in [0.5, 0.6) is 5.75 Å². The Morgan fingerprint density at radius 1 is 0.944 bits per heavy atom. The normalized spacial score (nSPS) is 16.8. The Balaban J connectivity index is 1.34. The average molecular weight is 502 g/mol. The first-order valence-corrected chi connectivity index (χ1v) is 13.5. The maximum atomic E-state index is 13.8. The maximum absolute atomic E-state index is 13.8. The van der Waals surface area contributed by atoms with E-state index in [4.69, 9.17) is 10.5 Å². The summed E-state index contributed by atoms with van der Waals surface area (Å²) < 4.78 is 34.6. The molecule has 7 nitrogen and oxygen atoms in total. The molecule has 2 N–H and O–H groups in total. The smallest absolute Gasteiger partial charge is 0.271 e. The van der Waals surface area contributed by atoms with Crippen molar-refractivity contribution < 1.29 is 17.9 Å². The van der Waals surface area contributed by atoms with Crippen LogP contribution in [0.25, 0.3) is 10.9 Å². The number of fused-ring (bicyclic) bond motifs is 3. The standard InChI is InChI=1S/C28H27N3O4S/c29-18-20-10-11-26-23(16-20)28(19-35-26)12-14-30(15-13-28)27(32)25-17-21-6-4-5-9-24(21)31(25)36(33,34)22-7-2-1-3-8-22/h1-11,16-17H,12-15,18-19,29H2. The largest absolute Gasteiger partial charge is 0.492 e. The molecule has 8 heteroatoms. The van der Waals surface area contributed by atoms with Gasteiger partial charge in [0, 0.05) is 36.0 Å². The van der Waals surface area contributed by atoms with Crippen LogP contribution in [-0.2, 0) is 22.0 Å². The molecule has 2 aliphatic heterocycles. The zero-order chi connectivity index (χ0) is 24.9. The first kappa shape index (κ1) is 22.8. The predicted octanol–water partition coefficient (Wildman–Crippen LogP) is 3.90. The number of amides is 1. The van der Waals surface area contributed by atoms with Gasteiger partial charge in [-0.05, 0) is 48.7 Å². The number of benzene rings is 3. The molecule has 3 heterocycles. The van der Waals surface area contributed by atoms with E-state index in [1.807, 2.05) is 24.3 Å². The molecular weight excluding hydrogens is 474 g/mol. The van der Waals surface area contributed by atoms with Crippen LogP contribution in [0.3, 0.4) is 0 Å². The number of para-hydroxylation sites is 1. The first-order valence-electron chi connectivity index (χ1n) is 12.1. The molecule has 1 spiro atoms. The topological polar surface area (TPSA) is 94.6 Å². The monoisotopic (exact) mass is 501 g/mol. The molecule has 0 aliphatic carbocycles. The van der Waals surface area contributed by atoms with E-state index in [9.17, 15) is 13.2 Å². The van der Waals surface area contributed by atoms with Crippen molar-refractivity contribution in [1.82, 2.24) is 8.87 Å². The maximum Gasteiger partial charge on any atom is 0.271 e. The van der Waals surface area contributed by atoms with Crippen LogP contribution in [0.15, 0.2) is 83.8 Å². The highest BCUT2D eigenvalue weighted by Crippen LogP contribution is 2.46. The Morgan fingerprint density at radius 3 is 2.42 bits per heavy atom. The number of rotatable bonds is 4. The molecule has 1 fully saturated rings. The van der Waals surface area contributed by atoms with Crippen molar-refractivity contribution in [3.8, 4) is 5.75 Å². The minimum atomic E-state index is -3.97. The molecule has 1 amide bonds. The van der Waals surface area contributed by atoms with Crippen LogP contribution in [-0.4, -0.2) is 42.9 Å². The van der Waals surface area contributed by atoms with E-state index >= 15 is 0 Å². The van der Waals surface area contributed by atoms with Crippen molar-refractivity contribution in [3.63, 3.8) is 0 Å². The van der Waals surface area contributed by atoms with Crippen LogP contribution < -0.4 is 10.5 Å². The van der Waals surface area contributed by atoms with Crippen LogP contribution >= 0.6 is 0 Å². The van der Waals surface area contributed by atoms with Crippen molar-refractivity contribution >= 4 is 26.8 Å². The molecule has 1 aromatic heterocycles. The number of likely N-dealkylation sites (tertiary alicyclic amines) is 1. The first-order chi connectivity index (χ1) is 17.4. The minimum Gasteiger partial charge on any atom is -0.492 e. The van der Waals surface area contributed by atoms with Gasteiger partial charge in [0.25, 0.3) is 15.9 Å². The number of nitrogens with two attached hydrogens (primary N) is 1. The lowest BCUT2D eigenvalue weighted by atomic mass is 9.74. The Labute approximate surface area is 210 Å². The molecule has 6 rings (SSSR count). The van der Waals surface area contributed by atoms with Gasteiger partial charge in [-0.15, -0.1) is 0 Å². The third-order valence-electron chi connectivity index (χ3n) is 7.53. The van der Waals surface area contributed by atoms with E-state index in [0.717, 1.165) is 24.2 Å². The van der Waals surface area contributed by atoms with Crippen LogP contribution in [0.2, 0.25) is 0 Å². The summed E-state index contributed by atoms with van der Waals surface area (Å²) >= 11 is 0. The van der Waals surface area contributed by atoms with Gasteiger partial charge in [0.2, 0.25) is 0 Å². The molecule has 1 saturated heterocycles. The van der Waals surface area contributed by atoms with Crippen molar-refractivity contribution in [2.24, 2.45) is 5.73 Å². The van der Waals surface area contributed by atoms with Gasteiger partial charge in [-0.2, -0.15) is 0 Å². The van der Waals surface area contributed by atoms with E-state index in [1.54, 1.807) is 53.4 Å². The highest BCUT2D eigenvalue weighted by molar-refractivity contribution is 7.90. The quantitative estimate of drug-likeness (QED) is 0.458. The Kier molecular flexibility index (Phi) is 5.39.